The molecule has 0 heterocycles. The molecule has 0 spiro atoms. The summed E-state index contributed by atoms with van der Waals surface area (Å²) in [5.41, 5.74) is 1.69. The van der Waals surface area contributed by atoms with Crippen LogP contribution in [0, 0.1) is 0 Å². The Morgan fingerprint density at radius 3 is 2.35 bits per heavy atom. The number of ketones is 1. The molecule has 0 N–H and O–H groups in total. The molecule has 99 valence electrons. The van der Waals surface area contributed by atoms with Crippen LogP contribution < -0.4 is 5.46 Å². The zero-order chi connectivity index (χ0) is 14.4. The summed E-state index contributed by atoms with van der Waals surface area (Å²) in [6, 6.07) is 15.7. The van der Waals surface area contributed by atoms with Gasteiger partial charge in [0.15, 0.2) is 5.78 Å². The van der Waals surface area contributed by atoms with Crippen LogP contribution in [0.1, 0.15) is 15.9 Å². The van der Waals surface area contributed by atoms with Crippen molar-refractivity contribution in [3.63, 3.8) is 0 Å². The fourth-order valence-corrected chi connectivity index (χ4v) is 1.77. The summed E-state index contributed by atoms with van der Waals surface area (Å²) < 4.78 is 0. The number of carbonyl (C=O) groups is 2. The smallest absolute Gasteiger partial charge is 0.304 e. The van der Waals surface area contributed by atoms with Crippen molar-refractivity contribution in [2.75, 3.05) is 7.11 Å². The second-order valence-corrected chi connectivity index (χ2v) is 4.03. The summed E-state index contributed by atoms with van der Waals surface area (Å²) in [6.45, 7) is 0. The molecule has 4 nitrogen and oxygen atoms in total. The topological polar surface area (TPSA) is 52.6 Å². The van der Waals surface area contributed by atoms with Gasteiger partial charge in [-0.1, -0.05) is 60.1 Å². The zero-order valence-electron chi connectivity index (χ0n) is 10.9. The van der Waals surface area contributed by atoms with E-state index in [2.05, 4.69) is 9.78 Å². The Kier molecular flexibility index (Phi) is 4.68. The summed E-state index contributed by atoms with van der Waals surface area (Å²) in [5, 5.41) is 0. The van der Waals surface area contributed by atoms with Gasteiger partial charge in [0, 0.05) is 11.1 Å². The van der Waals surface area contributed by atoms with Crippen molar-refractivity contribution < 1.29 is 19.4 Å². The van der Waals surface area contributed by atoms with E-state index in [0.717, 1.165) is 0 Å². The maximum absolute atomic E-state index is 12.3. The maximum Gasteiger partial charge on any atom is 0.304 e. The van der Waals surface area contributed by atoms with Gasteiger partial charge in [0.25, 0.3) is 5.87 Å². The molecular formula is C15H12BO4. The first-order chi connectivity index (χ1) is 9.70. The van der Waals surface area contributed by atoms with Gasteiger partial charge in [-0.3, -0.25) is 9.59 Å². The van der Waals surface area contributed by atoms with E-state index < -0.39 is 5.87 Å². The average molecular weight is 267 g/mol. The van der Waals surface area contributed by atoms with Gasteiger partial charge in [0.2, 0.25) is 0 Å². The first-order valence-corrected chi connectivity index (χ1v) is 6.00. The number of carbonyl (C=O) groups excluding carboxylic acids is 2. The van der Waals surface area contributed by atoms with E-state index in [0.29, 0.717) is 16.6 Å². The third-order valence-corrected chi connectivity index (χ3v) is 2.63. The molecule has 2 aromatic carbocycles. The fourth-order valence-electron chi connectivity index (χ4n) is 1.77. The molecule has 0 saturated carbocycles. The monoisotopic (exact) mass is 267 g/mol. The van der Waals surface area contributed by atoms with E-state index in [1.807, 2.05) is 6.07 Å². The lowest BCUT2D eigenvalue weighted by Crippen LogP contribution is -2.25. The molecule has 0 aliphatic carbocycles. The van der Waals surface area contributed by atoms with Gasteiger partial charge in [0.05, 0.1) is 7.11 Å². The highest BCUT2D eigenvalue weighted by Crippen LogP contribution is 2.08. The van der Waals surface area contributed by atoms with Crippen molar-refractivity contribution in [2.24, 2.45) is 0 Å². The molecule has 0 saturated heterocycles. The standard InChI is InChI=1S/C15H12BO4/c1-19-20-15(18)16-13-9-5-8-12(10-13)14(17)11-6-3-2-4-7-11/h2-10H,1H3. The SMILES string of the molecule is COOC(=O)[B]c1cccc(C(=O)c2ccccc2)c1. The highest BCUT2D eigenvalue weighted by atomic mass is 17.2. The average Bonchev–Trinajstić information content (AvgIpc) is 2.48. The summed E-state index contributed by atoms with van der Waals surface area (Å²) in [5.74, 6) is -0.724. The van der Waals surface area contributed by atoms with E-state index in [9.17, 15) is 9.59 Å². The Hall–Kier alpha value is -2.40. The molecule has 0 bridgehead atoms. The predicted molar refractivity (Wildman–Crippen MR) is 75.2 cm³/mol. The molecule has 0 unspecified atom stereocenters. The lowest BCUT2D eigenvalue weighted by Gasteiger charge is -2.04. The van der Waals surface area contributed by atoms with Gasteiger partial charge in [0.1, 0.15) is 0 Å². The summed E-state index contributed by atoms with van der Waals surface area (Å²) in [6.07, 6.45) is 0. The number of hydrogen-bond donors (Lipinski definition) is 0. The van der Waals surface area contributed by atoms with Crippen molar-refractivity contribution in [3.05, 3.63) is 65.7 Å². The van der Waals surface area contributed by atoms with Crippen LogP contribution in [-0.4, -0.2) is 26.0 Å². The van der Waals surface area contributed by atoms with Crippen molar-refractivity contribution in [3.8, 4) is 0 Å². The van der Waals surface area contributed by atoms with Crippen LogP contribution in [0.2, 0.25) is 0 Å². The van der Waals surface area contributed by atoms with Gasteiger partial charge in [-0.15, -0.1) is 0 Å². The van der Waals surface area contributed by atoms with Crippen LogP contribution in [0.4, 0.5) is 4.79 Å². The third kappa shape index (κ3) is 3.55. The zero-order valence-corrected chi connectivity index (χ0v) is 10.9. The molecule has 5 heteroatoms. The summed E-state index contributed by atoms with van der Waals surface area (Å²) >= 11 is 0. The molecule has 0 aromatic heterocycles. The highest BCUT2D eigenvalue weighted by molar-refractivity contribution is 6.82. The van der Waals surface area contributed by atoms with E-state index >= 15 is 0 Å². The Morgan fingerprint density at radius 2 is 1.65 bits per heavy atom. The first-order valence-electron chi connectivity index (χ1n) is 6.00. The molecule has 0 amide bonds. The molecule has 0 aliphatic heterocycles. The van der Waals surface area contributed by atoms with Crippen LogP contribution >= 0.6 is 0 Å². The Bertz CT molecular complexity index is 610. The quantitative estimate of drug-likeness (QED) is 0.359. The molecule has 2 aromatic rings. The molecule has 20 heavy (non-hydrogen) atoms. The number of benzene rings is 2. The lowest BCUT2D eigenvalue weighted by atomic mass is 9.70. The maximum atomic E-state index is 12.3. The van der Waals surface area contributed by atoms with Gasteiger partial charge in [-0.25, -0.2) is 0 Å². The molecule has 0 aliphatic rings. The van der Waals surface area contributed by atoms with E-state index in [1.54, 1.807) is 48.5 Å². The largest absolute Gasteiger partial charge is 0.311 e. The Balaban J connectivity index is 2.18. The van der Waals surface area contributed by atoms with E-state index in [4.69, 9.17) is 0 Å². The van der Waals surface area contributed by atoms with Crippen LogP contribution in [0.15, 0.2) is 54.6 Å². The van der Waals surface area contributed by atoms with Gasteiger partial charge in [-0.2, -0.15) is 4.89 Å². The number of hydrogen-bond acceptors (Lipinski definition) is 4. The third-order valence-electron chi connectivity index (χ3n) is 2.63. The van der Waals surface area contributed by atoms with Crippen molar-refractivity contribution in [2.45, 2.75) is 0 Å². The minimum absolute atomic E-state index is 0.0963. The van der Waals surface area contributed by atoms with Gasteiger partial charge in [-0.05, 0) is 0 Å². The minimum atomic E-state index is -0.628. The van der Waals surface area contributed by atoms with Gasteiger partial charge >= 0.3 is 7.28 Å². The predicted octanol–water partition coefficient (Wildman–Crippen LogP) is 1.95. The molecule has 0 atom stereocenters. The second kappa shape index (κ2) is 6.68. The van der Waals surface area contributed by atoms with Crippen LogP contribution in [0.3, 0.4) is 0 Å². The summed E-state index contributed by atoms with van der Waals surface area (Å²) in [4.78, 5) is 32.2. The van der Waals surface area contributed by atoms with Gasteiger partial charge < -0.3 is 4.89 Å². The van der Waals surface area contributed by atoms with E-state index in [1.165, 1.54) is 14.4 Å². The van der Waals surface area contributed by atoms with E-state index in [-0.39, 0.29) is 5.78 Å². The minimum Gasteiger partial charge on any atom is -0.311 e. The normalized spacial score (nSPS) is 9.85. The molecular weight excluding hydrogens is 255 g/mol. The van der Waals surface area contributed by atoms with Crippen molar-refractivity contribution in [1.29, 1.82) is 0 Å². The number of rotatable bonds is 5. The highest BCUT2D eigenvalue weighted by Gasteiger charge is 2.12. The first kappa shape index (κ1) is 14.0. The van der Waals surface area contributed by atoms with Crippen LogP contribution in [0.5, 0.6) is 0 Å². The van der Waals surface area contributed by atoms with Crippen molar-refractivity contribution in [1.82, 2.24) is 0 Å². The summed E-state index contributed by atoms with van der Waals surface area (Å²) in [7, 11) is 2.51. The molecule has 0 fully saturated rings. The second-order valence-electron chi connectivity index (χ2n) is 4.03. The van der Waals surface area contributed by atoms with Crippen LogP contribution in [-0.2, 0) is 9.78 Å². The fraction of sp³-hybridized carbons (Fsp3) is 0.0667. The van der Waals surface area contributed by atoms with Crippen LogP contribution in [0.25, 0.3) is 0 Å². The van der Waals surface area contributed by atoms with Crippen molar-refractivity contribution >= 4 is 24.4 Å². The Morgan fingerprint density at radius 1 is 0.950 bits per heavy atom. The lowest BCUT2D eigenvalue weighted by molar-refractivity contribution is -0.204. The Labute approximate surface area is 117 Å². The molecule has 1 radical (unpaired) electrons. The molecule has 2 rings (SSSR count).